The predicted molar refractivity (Wildman–Crippen MR) is 148 cm³/mol. The van der Waals surface area contributed by atoms with Gasteiger partial charge in [-0.15, -0.1) is 0 Å². The number of aromatic nitrogens is 1. The van der Waals surface area contributed by atoms with Gasteiger partial charge in [0, 0.05) is 23.5 Å². The zero-order chi connectivity index (χ0) is 29.1. The van der Waals surface area contributed by atoms with Gasteiger partial charge < -0.3 is 36.9 Å². The minimum Gasteiger partial charge on any atom is -0.481 e. The number of aromatic amines is 1. The summed E-state index contributed by atoms with van der Waals surface area (Å²) in [5.74, 6) is -4.50. The van der Waals surface area contributed by atoms with E-state index in [-0.39, 0.29) is 18.8 Å². The topological polar surface area (TPSA) is 204 Å². The molecule has 3 amide bonds. The summed E-state index contributed by atoms with van der Waals surface area (Å²) in [7, 11) is 0. The Morgan fingerprint density at radius 3 is 2.21 bits per heavy atom. The standard InChI is InChI=1S/C26H37N5O7S/c1-4-14(2)22(27)25(36)29-18(9-10-39-3)23(34)30-19(24(35)31-20(26(37)38)12-21(32)33)11-15-13-28-17-8-6-5-7-16(15)17/h5-8,13-14,18-20,22,28H,4,9-12,27H2,1-3H3,(H,29,36)(H,30,34)(H,31,35)(H,32,33)(H,37,38). The van der Waals surface area contributed by atoms with Crippen molar-refractivity contribution >= 4 is 52.3 Å². The molecule has 0 saturated carbocycles. The number of para-hydroxylation sites is 1. The Balaban J connectivity index is 2.32. The minimum absolute atomic E-state index is 0.0173. The van der Waals surface area contributed by atoms with Crippen LogP contribution >= 0.6 is 11.8 Å². The van der Waals surface area contributed by atoms with Crippen LogP contribution in [0.4, 0.5) is 0 Å². The lowest BCUT2D eigenvalue weighted by molar-refractivity contribution is -0.147. The Morgan fingerprint density at radius 2 is 1.59 bits per heavy atom. The number of carboxylic acid groups (broad SMARTS) is 2. The summed E-state index contributed by atoms with van der Waals surface area (Å²) in [5.41, 5.74) is 7.53. The number of fused-ring (bicyclic) bond motifs is 1. The van der Waals surface area contributed by atoms with E-state index >= 15 is 0 Å². The third-order valence-corrected chi connectivity index (χ3v) is 7.17. The van der Waals surface area contributed by atoms with E-state index in [1.807, 2.05) is 44.4 Å². The molecule has 0 aliphatic carbocycles. The van der Waals surface area contributed by atoms with Crippen LogP contribution < -0.4 is 21.7 Å². The highest BCUT2D eigenvalue weighted by Gasteiger charge is 2.32. The van der Waals surface area contributed by atoms with Crippen molar-refractivity contribution < 1.29 is 34.2 Å². The van der Waals surface area contributed by atoms with Crippen LogP contribution in [0, 0.1) is 5.92 Å². The number of amides is 3. The molecule has 13 heteroatoms. The largest absolute Gasteiger partial charge is 0.481 e. The summed E-state index contributed by atoms with van der Waals surface area (Å²) < 4.78 is 0. The minimum atomic E-state index is -1.70. The molecule has 39 heavy (non-hydrogen) atoms. The average Bonchev–Trinajstić information content (AvgIpc) is 3.31. The van der Waals surface area contributed by atoms with Crippen molar-refractivity contribution in [3.8, 4) is 0 Å². The molecular formula is C26H37N5O7S. The Morgan fingerprint density at radius 1 is 0.974 bits per heavy atom. The number of thioether (sulfide) groups is 1. The van der Waals surface area contributed by atoms with Gasteiger partial charge in [0.15, 0.2) is 0 Å². The molecular weight excluding hydrogens is 526 g/mol. The number of hydrogen-bond donors (Lipinski definition) is 7. The van der Waals surface area contributed by atoms with Crippen molar-refractivity contribution in [1.29, 1.82) is 0 Å². The summed E-state index contributed by atoms with van der Waals surface area (Å²) in [4.78, 5) is 65.1. The number of rotatable bonds is 16. The van der Waals surface area contributed by atoms with Gasteiger partial charge in [0.1, 0.15) is 18.1 Å². The van der Waals surface area contributed by atoms with E-state index in [2.05, 4.69) is 20.9 Å². The molecule has 5 unspecified atom stereocenters. The van der Waals surface area contributed by atoms with E-state index in [1.165, 1.54) is 11.8 Å². The number of nitrogens with two attached hydrogens (primary N) is 1. The molecule has 0 saturated heterocycles. The van der Waals surface area contributed by atoms with E-state index in [0.29, 0.717) is 17.7 Å². The molecule has 2 rings (SSSR count). The van der Waals surface area contributed by atoms with Crippen LogP contribution in [0.15, 0.2) is 30.5 Å². The number of aliphatic carboxylic acids is 2. The lowest BCUT2D eigenvalue weighted by Gasteiger charge is -2.26. The first-order chi connectivity index (χ1) is 18.5. The lowest BCUT2D eigenvalue weighted by atomic mass is 9.99. The molecule has 2 aromatic rings. The van der Waals surface area contributed by atoms with Crippen molar-refractivity contribution in [1.82, 2.24) is 20.9 Å². The maximum atomic E-state index is 13.4. The number of benzene rings is 1. The number of carboxylic acids is 2. The second-order valence-corrected chi connectivity index (χ2v) is 10.4. The Kier molecular flexibility index (Phi) is 12.3. The van der Waals surface area contributed by atoms with Gasteiger partial charge in [0.25, 0.3) is 0 Å². The molecule has 0 aliphatic heterocycles. The molecule has 214 valence electrons. The van der Waals surface area contributed by atoms with Crippen molar-refractivity contribution in [3.63, 3.8) is 0 Å². The van der Waals surface area contributed by atoms with Crippen LogP contribution in [0.5, 0.6) is 0 Å². The molecule has 0 spiro atoms. The first-order valence-corrected chi connectivity index (χ1v) is 14.0. The molecule has 1 aromatic carbocycles. The summed E-state index contributed by atoms with van der Waals surface area (Å²) in [6, 6.07) is 2.55. The van der Waals surface area contributed by atoms with Crippen LogP contribution in [0.2, 0.25) is 0 Å². The Labute approximate surface area is 230 Å². The fourth-order valence-corrected chi connectivity index (χ4v) is 4.41. The van der Waals surface area contributed by atoms with Gasteiger partial charge in [-0.05, 0) is 36.0 Å². The van der Waals surface area contributed by atoms with Crippen LogP contribution in [-0.4, -0.2) is 81.0 Å². The third-order valence-electron chi connectivity index (χ3n) is 6.53. The van der Waals surface area contributed by atoms with E-state index < -0.39 is 60.2 Å². The zero-order valence-corrected chi connectivity index (χ0v) is 23.0. The Hall–Kier alpha value is -3.58. The van der Waals surface area contributed by atoms with Gasteiger partial charge in [-0.25, -0.2) is 4.79 Å². The van der Waals surface area contributed by atoms with E-state index in [0.717, 1.165) is 10.9 Å². The van der Waals surface area contributed by atoms with E-state index in [9.17, 15) is 29.1 Å². The first-order valence-electron chi connectivity index (χ1n) is 12.6. The molecule has 8 N–H and O–H groups in total. The molecule has 0 bridgehead atoms. The average molecular weight is 564 g/mol. The van der Waals surface area contributed by atoms with Crippen molar-refractivity contribution in [3.05, 3.63) is 36.0 Å². The Bertz CT molecular complexity index is 1170. The van der Waals surface area contributed by atoms with Gasteiger partial charge in [-0.2, -0.15) is 11.8 Å². The van der Waals surface area contributed by atoms with Crippen molar-refractivity contribution in [2.75, 3.05) is 12.0 Å². The molecule has 0 fully saturated rings. The second-order valence-electron chi connectivity index (χ2n) is 9.38. The van der Waals surface area contributed by atoms with Crippen LogP contribution in [0.25, 0.3) is 10.9 Å². The molecule has 0 radical (unpaired) electrons. The number of carbonyl (C=O) groups is 5. The number of carbonyl (C=O) groups excluding carboxylic acids is 3. The quantitative estimate of drug-likeness (QED) is 0.154. The third kappa shape index (κ3) is 9.29. The second kappa shape index (κ2) is 15.1. The molecule has 5 atom stereocenters. The summed E-state index contributed by atoms with van der Waals surface area (Å²) in [5, 5.41) is 26.8. The van der Waals surface area contributed by atoms with E-state index in [4.69, 9.17) is 10.8 Å². The normalized spacial score (nSPS) is 15.0. The maximum absolute atomic E-state index is 13.4. The smallest absolute Gasteiger partial charge is 0.326 e. The van der Waals surface area contributed by atoms with Gasteiger partial charge in [-0.3, -0.25) is 19.2 Å². The summed E-state index contributed by atoms with van der Waals surface area (Å²) in [6.07, 6.45) is 3.62. The van der Waals surface area contributed by atoms with E-state index in [1.54, 1.807) is 6.20 Å². The van der Waals surface area contributed by atoms with Crippen LogP contribution in [0.3, 0.4) is 0 Å². The first kappa shape index (κ1) is 31.6. The van der Waals surface area contributed by atoms with Gasteiger partial charge in [0.05, 0.1) is 12.5 Å². The fourth-order valence-electron chi connectivity index (χ4n) is 3.93. The van der Waals surface area contributed by atoms with Crippen LogP contribution in [0.1, 0.15) is 38.7 Å². The number of nitrogens with one attached hydrogen (secondary N) is 4. The summed E-state index contributed by atoms with van der Waals surface area (Å²) >= 11 is 1.47. The highest BCUT2D eigenvalue weighted by molar-refractivity contribution is 7.98. The van der Waals surface area contributed by atoms with Gasteiger partial charge in [0.2, 0.25) is 17.7 Å². The number of hydrogen-bond acceptors (Lipinski definition) is 7. The molecule has 1 aromatic heterocycles. The van der Waals surface area contributed by atoms with Gasteiger partial charge in [-0.1, -0.05) is 38.5 Å². The predicted octanol–water partition coefficient (Wildman–Crippen LogP) is 0.851. The van der Waals surface area contributed by atoms with Crippen LogP contribution in [-0.2, 0) is 30.4 Å². The molecule has 12 nitrogen and oxygen atoms in total. The SMILES string of the molecule is CCC(C)C(N)C(=O)NC(CCSC)C(=O)NC(Cc1c[nH]c2ccccc12)C(=O)NC(CC(=O)O)C(=O)O. The number of H-pyrrole nitrogens is 1. The molecule has 0 aliphatic rings. The maximum Gasteiger partial charge on any atom is 0.326 e. The highest BCUT2D eigenvalue weighted by atomic mass is 32.2. The summed E-state index contributed by atoms with van der Waals surface area (Å²) in [6.45, 7) is 3.73. The zero-order valence-electron chi connectivity index (χ0n) is 22.2. The van der Waals surface area contributed by atoms with Crippen molar-refractivity contribution in [2.45, 2.75) is 63.7 Å². The van der Waals surface area contributed by atoms with Gasteiger partial charge >= 0.3 is 11.9 Å². The lowest BCUT2D eigenvalue weighted by Crippen LogP contribution is -2.58. The van der Waals surface area contributed by atoms with Crippen molar-refractivity contribution in [2.24, 2.45) is 11.7 Å². The monoisotopic (exact) mass is 563 g/mol. The highest BCUT2D eigenvalue weighted by Crippen LogP contribution is 2.19. The fraction of sp³-hybridized carbons (Fsp3) is 0.500. The molecule has 1 heterocycles.